The van der Waals surface area contributed by atoms with Crippen molar-refractivity contribution in [2.75, 3.05) is 0 Å². The van der Waals surface area contributed by atoms with Crippen LogP contribution in [0.5, 0.6) is 5.75 Å². The molecule has 3 aromatic rings. The fraction of sp³-hybridized carbons (Fsp3) is 0.0588. The number of furan rings is 1. The van der Waals surface area contributed by atoms with Crippen molar-refractivity contribution in [3.05, 3.63) is 74.2 Å². The summed E-state index contributed by atoms with van der Waals surface area (Å²) in [6.45, 7) is 1.39. The van der Waals surface area contributed by atoms with Gasteiger partial charge in [-0.25, -0.2) is 4.79 Å². The van der Waals surface area contributed by atoms with Gasteiger partial charge in [0.2, 0.25) is 5.75 Å². The number of hydrogen-bond donors (Lipinski definition) is 0. The fourth-order valence-electron chi connectivity index (χ4n) is 2.32. The highest BCUT2D eigenvalue weighted by Crippen LogP contribution is 2.34. The topological polar surface area (TPSA) is 139 Å². The quantitative estimate of drug-likeness (QED) is 0.218. The van der Waals surface area contributed by atoms with E-state index in [4.69, 9.17) is 9.15 Å². The van der Waals surface area contributed by atoms with E-state index in [-0.39, 0.29) is 22.6 Å². The number of nitro benzene ring substituents is 1. The summed E-state index contributed by atoms with van der Waals surface area (Å²) in [5.74, 6) is -1.56. The third-order valence-corrected chi connectivity index (χ3v) is 3.57. The largest absolute Gasteiger partial charge is 0.433 e. The van der Waals surface area contributed by atoms with Gasteiger partial charge in [-0.1, -0.05) is 6.07 Å². The highest BCUT2D eigenvalue weighted by Gasteiger charge is 2.23. The van der Waals surface area contributed by atoms with Crippen LogP contribution < -0.4 is 4.74 Å². The molecule has 0 fully saturated rings. The average molecular weight is 369 g/mol. The Kier molecular flexibility index (Phi) is 4.62. The first-order valence-electron chi connectivity index (χ1n) is 7.53. The third-order valence-electron chi connectivity index (χ3n) is 3.57. The molecule has 0 bridgehead atoms. The van der Waals surface area contributed by atoms with Crippen molar-refractivity contribution in [1.82, 2.24) is 4.98 Å². The highest BCUT2D eigenvalue weighted by atomic mass is 16.6. The van der Waals surface area contributed by atoms with Crippen LogP contribution in [0.25, 0.3) is 17.0 Å². The molecule has 0 saturated heterocycles. The summed E-state index contributed by atoms with van der Waals surface area (Å²) >= 11 is 0. The third kappa shape index (κ3) is 3.63. The van der Waals surface area contributed by atoms with E-state index >= 15 is 0 Å². The van der Waals surface area contributed by atoms with Gasteiger partial charge in [0.05, 0.1) is 11.0 Å². The second-order valence-electron chi connectivity index (χ2n) is 5.40. The molecule has 0 spiro atoms. The van der Waals surface area contributed by atoms with Gasteiger partial charge in [0.1, 0.15) is 16.2 Å². The normalized spacial score (nSPS) is 11.4. The standard InChI is InChI=1S/C17H11N3O7/c1-10(9-12-5-7-14(26-12)20(24)25)17(21)27-16-13(19(22)23)6-4-11-3-2-8-18-15(11)16/h2-9H,1H3/b10-9+. The second-order valence-corrected chi connectivity index (χ2v) is 5.40. The Labute approximate surface area is 151 Å². The van der Waals surface area contributed by atoms with Crippen molar-refractivity contribution in [3.63, 3.8) is 0 Å². The van der Waals surface area contributed by atoms with E-state index in [9.17, 15) is 25.0 Å². The van der Waals surface area contributed by atoms with E-state index in [1.54, 1.807) is 12.1 Å². The van der Waals surface area contributed by atoms with Gasteiger partial charge in [0.25, 0.3) is 0 Å². The molecule has 0 amide bonds. The first-order valence-corrected chi connectivity index (χ1v) is 7.53. The lowest BCUT2D eigenvalue weighted by Gasteiger charge is -2.07. The summed E-state index contributed by atoms with van der Waals surface area (Å²) < 4.78 is 10.2. The summed E-state index contributed by atoms with van der Waals surface area (Å²) in [5, 5.41) is 22.5. The number of ether oxygens (including phenoxy) is 1. The first kappa shape index (κ1) is 17.7. The number of rotatable bonds is 5. The van der Waals surface area contributed by atoms with Crippen LogP contribution in [-0.4, -0.2) is 20.8 Å². The molecule has 27 heavy (non-hydrogen) atoms. The summed E-state index contributed by atoms with van der Waals surface area (Å²) in [6.07, 6.45) is 2.66. The minimum absolute atomic E-state index is 0.0291. The average Bonchev–Trinajstić information content (AvgIpc) is 3.10. The maximum absolute atomic E-state index is 12.4. The lowest BCUT2D eigenvalue weighted by Crippen LogP contribution is -2.11. The van der Waals surface area contributed by atoms with E-state index in [0.29, 0.717) is 5.39 Å². The van der Waals surface area contributed by atoms with Crippen molar-refractivity contribution < 1.29 is 23.8 Å². The van der Waals surface area contributed by atoms with Gasteiger partial charge in [-0.15, -0.1) is 0 Å². The van der Waals surface area contributed by atoms with Crippen LogP contribution in [0.3, 0.4) is 0 Å². The molecule has 0 N–H and O–H groups in total. The zero-order valence-electron chi connectivity index (χ0n) is 13.8. The smallest absolute Gasteiger partial charge is 0.413 e. The monoisotopic (exact) mass is 369 g/mol. The maximum Gasteiger partial charge on any atom is 0.433 e. The van der Waals surface area contributed by atoms with Gasteiger partial charge in [0, 0.05) is 23.2 Å². The minimum atomic E-state index is -0.879. The lowest BCUT2D eigenvalue weighted by atomic mass is 10.2. The van der Waals surface area contributed by atoms with E-state index in [2.05, 4.69) is 4.98 Å². The lowest BCUT2D eigenvalue weighted by molar-refractivity contribution is -0.402. The van der Waals surface area contributed by atoms with Crippen molar-refractivity contribution >= 4 is 34.5 Å². The maximum atomic E-state index is 12.4. The number of pyridine rings is 1. The van der Waals surface area contributed by atoms with Gasteiger partial charge < -0.3 is 9.15 Å². The molecule has 0 saturated carbocycles. The van der Waals surface area contributed by atoms with Gasteiger partial charge in [0.15, 0.2) is 0 Å². The van der Waals surface area contributed by atoms with Crippen molar-refractivity contribution in [3.8, 4) is 5.75 Å². The van der Waals surface area contributed by atoms with Gasteiger partial charge in [-0.05, 0) is 31.2 Å². The first-order chi connectivity index (χ1) is 12.9. The van der Waals surface area contributed by atoms with Gasteiger partial charge in [-0.3, -0.25) is 25.2 Å². The predicted molar refractivity (Wildman–Crippen MR) is 93.0 cm³/mol. The van der Waals surface area contributed by atoms with Crippen LogP contribution in [0.4, 0.5) is 11.6 Å². The van der Waals surface area contributed by atoms with Crippen LogP contribution in [0.15, 0.2) is 52.6 Å². The van der Waals surface area contributed by atoms with E-state index in [1.165, 1.54) is 37.4 Å². The Morgan fingerprint density at radius 2 is 1.93 bits per heavy atom. The fourth-order valence-corrected chi connectivity index (χ4v) is 2.32. The molecule has 1 aromatic carbocycles. The molecule has 0 aliphatic carbocycles. The molecular weight excluding hydrogens is 358 g/mol. The molecule has 10 heteroatoms. The van der Waals surface area contributed by atoms with E-state index in [0.717, 1.165) is 6.07 Å². The Balaban J connectivity index is 1.95. The molecule has 0 aliphatic heterocycles. The molecule has 0 unspecified atom stereocenters. The summed E-state index contributed by atoms with van der Waals surface area (Å²) in [7, 11) is 0. The van der Waals surface area contributed by atoms with Gasteiger partial charge >= 0.3 is 17.5 Å². The number of carbonyl (C=O) groups excluding carboxylic acids is 1. The highest BCUT2D eigenvalue weighted by molar-refractivity contribution is 5.97. The number of carbonyl (C=O) groups is 1. The molecule has 10 nitrogen and oxygen atoms in total. The molecule has 0 atom stereocenters. The molecule has 2 aromatic heterocycles. The Morgan fingerprint density at radius 3 is 2.59 bits per heavy atom. The van der Waals surface area contributed by atoms with Crippen LogP contribution >= 0.6 is 0 Å². The number of aromatic nitrogens is 1. The zero-order valence-corrected chi connectivity index (χ0v) is 13.8. The van der Waals surface area contributed by atoms with Crippen LogP contribution in [0.2, 0.25) is 0 Å². The Morgan fingerprint density at radius 1 is 1.15 bits per heavy atom. The SMILES string of the molecule is C/C(=C\c1ccc([N+](=O)[O-])o1)C(=O)Oc1c([N+](=O)[O-])ccc2cccnc12. The van der Waals surface area contributed by atoms with E-state index < -0.39 is 27.4 Å². The van der Waals surface area contributed by atoms with E-state index in [1.807, 2.05) is 0 Å². The molecule has 2 heterocycles. The zero-order chi connectivity index (χ0) is 19.6. The molecule has 0 aliphatic rings. The molecule has 3 rings (SSSR count). The summed E-state index contributed by atoms with van der Waals surface area (Å²) in [4.78, 5) is 36.9. The van der Waals surface area contributed by atoms with Gasteiger partial charge in [-0.2, -0.15) is 0 Å². The van der Waals surface area contributed by atoms with Crippen molar-refractivity contribution in [1.29, 1.82) is 0 Å². The Hall–Kier alpha value is -4.08. The molecular formula is C17H11N3O7. The number of benzene rings is 1. The minimum Gasteiger partial charge on any atom is -0.413 e. The number of nitro groups is 2. The predicted octanol–water partition coefficient (Wildman–Crippen LogP) is 3.65. The second kappa shape index (κ2) is 7.04. The molecule has 136 valence electrons. The number of hydrogen-bond acceptors (Lipinski definition) is 8. The van der Waals surface area contributed by atoms with Crippen LogP contribution in [-0.2, 0) is 4.79 Å². The summed E-state index contributed by atoms with van der Waals surface area (Å²) in [5.41, 5.74) is -0.209. The van der Waals surface area contributed by atoms with Crippen molar-refractivity contribution in [2.24, 2.45) is 0 Å². The van der Waals surface area contributed by atoms with Crippen molar-refractivity contribution in [2.45, 2.75) is 6.92 Å². The summed E-state index contributed by atoms with van der Waals surface area (Å²) in [6, 6.07) is 8.51. The number of fused-ring (bicyclic) bond motifs is 1. The van der Waals surface area contributed by atoms with Crippen LogP contribution in [0, 0.1) is 20.2 Å². The number of nitrogens with zero attached hydrogens (tertiary/aromatic N) is 3. The number of esters is 1. The van der Waals surface area contributed by atoms with Crippen LogP contribution in [0.1, 0.15) is 12.7 Å². The Bertz CT molecular complexity index is 1100. The molecule has 0 radical (unpaired) electrons.